The molecule has 0 saturated carbocycles. The summed E-state index contributed by atoms with van der Waals surface area (Å²) in [5, 5.41) is 3.58. The highest BCUT2D eigenvalue weighted by Gasteiger charge is 2.26. The summed E-state index contributed by atoms with van der Waals surface area (Å²) in [5.41, 5.74) is 2.19. The first-order chi connectivity index (χ1) is 9.74. The highest BCUT2D eigenvalue weighted by atomic mass is 15.3. The number of imidazole rings is 1. The number of anilines is 1. The van der Waals surface area contributed by atoms with Crippen LogP contribution in [-0.4, -0.2) is 35.6 Å². The Morgan fingerprint density at radius 2 is 2.25 bits per heavy atom. The van der Waals surface area contributed by atoms with Gasteiger partial charge >= 0.3 is 0 Å². The van der Waals surface area contributed by atoms with E-state index in [-0.39, 0.29) is 0 Å². The highest BCUT2D eigenvalue weighted by molar-refractivity contribution is 5.77. The molecule has 1 fully saturated rings. The Hall–Kier alpha value is -1.55. The van der Waals surface area contributed by atoms with Crippen molar-refractivity contribution in [3.05, 3.63) is 24.3 Å². The molecule has 2 heterocycles. The van der Waals surface area contributed by atoms with Gasteiger partial charge in [-0.05, 0) is 37.4 Å². The van der Waals surface area contributed by atoms with Crippen LogP contribution in [0.5, 0.6) is 0 Å². The van der Waals surface area contributed by atoms with Crippen LogP contribution in [0.4, 0.5) is 5.95 Å². The second-order valence-electron chi connectivity index (χ2n) is 6.12. The van der Waals surface area contributed by atoms with Crippen LogP contribution in [0.1, 0.15) is 26.7 Å². The molecule has 0 aliphatic carbocycles. The zero-order valence-electron chi connectivity index (χ0n) is 12.4. The number of aromatic nitrogens is 2. The third kappa shape index (κ3) is 2.80. The molecular formula is C16H24N4. The second kappa shape index (κ2) is 5.83. The van der Waals surface area contributed by atoms with Crippen molar-refractivity contribution in [2.45, 2.75) is 32.7 Å². The van der Waals surface area contributed by atoms with Crippen molar-refractivity contribution in [1.29, 1.82) is 0 Å². The molecule has 0 radical (unpaired) electrons. The average Bonchev–Trinajstić information content (AvgIpc) is 3.03. The first-order valence-corrected chi connectivity index (χ1v) is 7.66. The van der Waals surface area contributed by atoms with Crippen molar-refractivity contribution in [2.24, 2.45) is 5.92 Å². The van der Waals surface area contributed by atoms with Gasteiger partial charge in [0.1, 0.15) is 0 Å². The lowest BCUT2D eigenvalue weighted by atomic mass is 10.2. The molecule has 1 aliphatic rings. The maximum Gasteiger partial charge on any atom is 0.204 e. The Labute approximate surface area is 120 Å². The molecule has 1 aliphatic heterocycles. The Balaban J connectivity index is 1.71. The largest absolute Gasteiger partial charge is 0.338 e. The van der Waals surface area contributed by atoms with Crippen LogP contribution < -0.4 is 10.2 Å². The predicted molar refractivity (Wildman–Crippen MR) is 84.2 cm³/mol. The third-order valence-electron chi connectivity index (χ3n) is 3.96. The minimum atomic E-state index is 0.564. The number of benzene rings is 1. The molecule has 0 amide bonds. The van der Waals surface area contributed by atoms with E-state index in [1.165, 1.54) is 12.8 Å². The number of rotatable bonds is 5. The van der Waals surface area contributed by atoms with Crippen LogP contribution in [-0.2, 0) is 0 Å². The lowest BCUT2D eigenvalue weighted by molar-refractivity contribution is 0.510. The number of H-pyrrole nitrogens is 1. The summed E-state index contributed by atoms with van der Waals surface area (Å²) in [5.74, 6) is 1.73. The van der Waals surface area contributed by atoms with Gasteiger partial charge in [-0.3, -0.25) is 0 Å². The van der Waals surface area contributed by atoms with E-state index in [1.807, 2.05) is 6.07 Å². The van der Waals surface area contributed by atoms with E-state index in [1.54, 1.807) is 0 Å². The van der Waals surface area contributed by atoms with Gasteiger partial charge in [0.05, 0.1) is 11.0 Å². The number of aromatic amines is 1. The molecule has 2 aromatic rings. The first kappa shape index (κ1) is 13.4. The summed E-state index contributed by atoms with van der Waals surface area (Å²) in [6.07, 6.45) is 2.51. The zero-order valence-corrected chi connectivity index (χ0v) is 12.4. The molecule has 4 heteroatoms. The number of hydrogen-bond donors (Lipinski definition) is 2. The summed E-state index contributed by atoms with van der Waals surface area (Å²) in [4.78, 5) is 10.6. The van der Waals surface area contributed by atoms with Gasteiger partial charge in [-0.2, -0.15) is 0 Å². The topological polar surface area (TPSA) is 44.0 Å². The molecule has 1 atom stereocenters. The fourth-order valence-electron chi connectivity index (χ4n) is 2.94. The van der Waals surface area contributed by atoms with E-state index in [0.717, 1.165) is 36.6 Å². The molecule has 1 unspecified atom stereocenters. The molecular weight excluding hydrogens is 248 g/mol. The van der Waals surface area contributed by atoms with E-state index in [2.05, 4.69) is 47.2 Å². The highest BCUT2D eigenvalue weighted by Crippen LogP contribution is 2.25. The smallest absolute Gasteiger partial charge is 0.204 e. The molecule has 2 N–H and O–H groups in total. The summed E-state index contributed by atoms with van der Waals surface area (Å²) in [7, 11) is 0. The number of nitrogens with zero attached hydrogens (tertiary/aromatic N) is 2. The Morgan fingerprint density at radius 1 is 1.40 bits per heavy atom. The Morgan fingerprint density at radius 3 is 3.05 bits per heavy atom. The van der Waals surface area contributed by atoms with Gasteiger partial charge in [0.15, 0.2) is 0 Å². The SMILES string of the molecule is CC(C)CNCC1CCCN1c1nc2ccccc2[nH]1. The zero-order chi connectivity index (χ0) is 13.9. The number of nitrogens with one attached hydrogen (secondary N) is 2. The van der Waals surface area contributed by atoms with Crippen molar-refractivity contribution >= 4 is 17.0 Å². The predicted octanol–water partition coefficient (Wildman–Crippen LogP) is 2.78. The van der Waals surface area contributed by atoms with Crippen LogP contribution in [0.25, 0.3) is 11.0 Å². The molecule has 0 spiro atoms. The maximum atomic E-state index is 4.73. The van der Waals surface area contributed by atoms with Crippen molar-refractivity contribution in [3.63, 3.8) is 0 Å². The number of para-hydroxylation sites is 2. The molecule has 108 valence electrons. The second-order valence-corrected chi connectivity index (χ2v) is 6.12. The summed E-state index contributed by atoms with van der Waals surface area (Å²) in [6, 6.07) is 8.81. The number of hydrogen-bond acceptors (Lipinski definition) is 3. The fraction of sp³-hybridized carbons (Fsp3) is 0.562. The third-order valence-corrected chi connectivity index (χ3v) is 3.96. The minimum absolute atomic E-state index is 0.564. The van der Waals surface area contributed by atoms with E-state index >= 15 is 0 Å². The summed E-state index contributed by atoms with van der Waals surface area (Å²) >= 11 is 0. The minimum Gasteiger partial charge on any atom is -0.338 e. The fourth-order valence-corrected chi connectivity index (χ4v) is 2.94. The van der Waals surface area contributed by atoms with Gasteiger partial charge < -0.3 is 15.2 Å². The quantitative estimate of drug-likeness (QED) is 0.879. The van der Waals surface area contributed by atoms with E-state index < -0.39 is 0 Å². The van der Waals surface area contributed by atoms with Crippen LogP contribution in [0.2, 0.25) is 0 Å². The van der Waals surface area contributed by atoms with Crippen LogP contribution in [0.15, 0.2) is 24.3 Å². The van der Waals surface area contributed by atoms with Crippen LogP contribution in [0, 0.1) is 5.92 Å². The summed E-state index contributed by atoms with van der Waals surface area (Å²) < 4.78 is 0. The van der Waals surface area contributed by atoms with E-state index in [0.29, 0.717) is 12.0 Å². The molecule has 1 saturated heterocycles. The molecule has 20 heavy (non-hydrogen) atoms. The first-order valence-electron chi connectivity index (χ1n) is 7.66. The van der Waals surface area contributed by atoms with Gasteiger partial charge in [0.2, 0.25) is 5.95 Å². The normalized spacial score (nSPS) is 19.4. The lowest BCUT2D eigenvalue weighted by Crippen LogP contribution is -2.39. The van der Waals surface area contributed by atoms with Gasteiger partial charge in [0.25, 0.3) is 0 Å². The monoisotopic (exact) mass is 272 g/mol. The van der Waals surface area contributed by atoms with Gasteiger partial charge in [-0.1, -0.05) is 26.0 Å². The van der Waals surface area contributed by atoms with Crippen molar-refractivity contribution in [2.75, 3.05) is 24.5 Å². The van der Waals surface area contributed by atoms with Crippen molar-refractivity contribution in [1.82, 2.24) is 15.3 Å². The molecule has 3 rings (SSSR count). The molecule has 4 nitrogen and oxygen atoms in total. The standard InChI is InChI=1S/C16H24N4/c1-12(2)10-17-11-13-6-5-9-20(13)16-18-14-7-3-4-8-15(14)19-16/h3-4,7-8,12-13,17H,5-6,9-11H2,1-2H3,(H,18,19). The Kier molecular flexibility index (Phi) is 3.92. The Bertz CT molecular complexity index is 527. The van der Waals surface area contributed by atoms with Gasteiger partial charge in [0, 0.05) is 19.1 Å². The van der Waals surface area contributed by atoms with E-state index in [9.17, 15) is 0 Å². The molecule has 0 bridgehead atoms. The maximum absolute atomic E-state index is 4.73. The van der Waals surface area contributed by atoms with Gasteiger partial charge in [-0.15, -0.1) is 0 Å². The lowest BCUT2D eigenvalue weighted by Gasteiger charge is -2.24. The van der Waals surface area contributed by atoms with E-state index in [4.69, 9.17) is 4.98 Å². The van der Waals surface area contributed by atoms with Gasteiger partial charge in [-0.25, -0.2) is 4.98 Å². The van der Waals surface area contributed by atoms with Crippen LogP contribution >= 0.6 is 0 Å². The average molecular weight is 272 g/mol. The number of fused-ring (bicyclic) bond motifs is 1. The summed E-state index contributed by atoms with van der Waals surface area (Å²) in [6.45, 7) is 7.74. The van der Waals surface area contributed by atoms with Crippen molar-refractivity contribution in [3.8, 4) is 0 Å². The molecule has 1 aromatic heterocycles. The van der Waals surface area contributed by atoms with Crippen molar-refractivity contribution < 1.29 is 0 Å². The van der Waals surface area contributed by atoms with Crippen LogP contribution in [0.3, 0.4) is 0 Å². The molecule has 1 aromatic carbocycles.